The molecule has 0 unspecified atom stereocenters. The molecule has 9 nitrogen and oxygen atoms in total. The van der Waals surface area contributed by atoms with Crippen LogP contribution in [0.1, 0.15) is 49.9 Å². The van der Waals surface area contributed by atoms with E-state index in [9.17, 15) is 0 Å². The Labute approximate surface area is 273 Å². The van der Waals surface area contributed by atoms with E-state index >= 15 is 0 Å². The number of benzene rings is 4. The summed E-state index contributed by atoms with van der Waals surface area (Å²) in [5, 5.41) is 0. The monoisotopic (exact) mass is 681 g/mol. The van der Waals surface area contributed by atoms with Crippen LogP contribution >= 0.6 is 23.0 Å². The third-order valence-corrected chi connectivity index (χ3v) is 14.8. The van der Waals surface area contributed by atoms with Crippen LogP contribution in [0.25, 0.3) is 0 Å². The van der Waals surface area contributed by atoms with Crippen molar-refractivity contribution >= 4 is 23.0 Å². The van der Waals surface area contributed by atoms with Gasteiger partial charge >= 0.3 is 23.0 Å². The quantitative estimate of drug-likeness (QED) is 0.138. The molecule has 0 N–H and O–H groups in total. The Morgan fingerprint density at radius 1 is 0.413 bits per heavy atom. The maximum Gasteiger partial charge on any atom is 0.459 e. The van der Waals surface area contributed by atoms with Gasteiger partial charge in [-0.2, -0.15) is 0 Å². The number of rotatable bonds is 12. The van der Waals surface area contributed by atoms with Crippen LogP contribution in [0.4, 0.5) is 0 Å². The van der Waals surface area contributed by atoms with Crippen molar-refractivity contribution in [3.63, 3.8) is 0 Å². The Morgan fingerprint density at radius 2 is 0.674 bits per heavy atom. The number of hydrogen-bond donors (Lipinski definition) is 0. The molecule has 46 heavy (non-hydrogen) atoms. The molecule has 4 aromatic carbocycles. The van der Waals surface area contributed by atoms with Crippen molar-refractivity contribution in [3.05, 3.63) is 119 Å². The van der Waals surface area contributed by atoms with Crippen LogP contribution in [-0.4, -0.2) is 12.2 Å². The Kier molecular flexibility index (Phi) is 10.5. The summed E-state index contributed by atoms with van der Waals surface area (Å²) in [6.07, 6.45) is -0.644. The summed E-state index contributed by atoms with van der Waals surface area (Å²) in [6, 6.07) is 30.6. The average molecular weight is 682 g/mol. The van der Waals surface area contributed by atoms with E-state index in [2.05, 4.69) is 0 Å². The zero-order valence-corrected chi connectivity index (χ0v) is 30.2. The largest absolute Gasteiger partial charge is 0.459 e. The topological polar surface area (TPSA) is 92.5 Å². The Morgan fingerprint density at radius 3 is 0.935 bits per heavy atom. The molecule has 5 rings (SSSR count). The molecule has 0 amide bonds. The van der Waals surface area contributed by atoms with Crippen LogP contribution in [0.5, 0.6) is 23.0 Å². The van der Waals surface area contributed by atoms with Crippen LogP contribution in [-0.2, 0) is 9.05 Å². The van der Waals surface area contributed by atoms with Crippen molar-refractivity contribution in [2.45, 2.75) is 67.6 Å². The number of nitrogens with zero attached hydrogens (tertiary/aromatic N) is 3. The summed E-state index contributed by atoms with van der Waals surface area (Å²) in [4.78, 5) is 0. The Bertz CT molecular complexity index is 1660. The third-order valence-electron chi connectivity index (χ3n) is 6.23. The lowest BCUT2D eigenvalue weighted by molar-refractivity contribution is 0.169. The molecule has 12 heteroatoms. The summed E-state index contributed by atoms with van der Waals surface area (Å²) < 4.78 is 55.9. The third kappa shape index (κ3) is 8.94. The number of aryl methyl sites for hydroxylation is 4. The van der Waals surface area contributed by atoms with Crippen molar-refractivity contribution in [1.29, 1.82) is 0 Å². The van der Waals surface area contributed by atoms with Crippen LogP contribution < -0.4 is 18.1 Å². The van der Waals surface area contributed by atoms with Gasteiger partial charge in [0.1, 0.15) is 23.0 Å². The summed E-state index contributed by atoms with van der Waals surface area (Å²) >= 11 is 0. The first kappa shape index (κ1) is 34.0. The van der Waals surface area contributed by atoms with E-state index in [1.807, 2.05) is 152 Å². The van der Waals surface area contributed by atoms with Gasteiger partial charge in [-0.05, 0) is 126 Å². The molecule has 0 spiro atoms. The molecule has 0 fully saturated rings. The van der Waals surface area contributed by atoms with Crippen LogP contribution in [0.2, 0.25) is 0 Å². The smallest absolute Gasteiger partial charge is 0.413 e. The molecule has 0 aromatic heterocycles. The van der Waals surface area contributed by atoms with Gasteiger partial charge in [0.25, 0.3) is 0 Å². The number of hydrogen-bond acceptors (Lipinski definition) is 9. The second-order valence-corrected chi connectivity index (χ2v) is 17.9. The summed E-state index contributed by atoms with van der Waals surface area (Å²) in [5.41, 5.74) is 4.00. The Balaban J connectivity index is 1.88. The highest BCUT2D eigenvalue weighted by Gasteiger charge is 2.47. The normalized spacial score (nSPS) is 16.1. The van der Waals surface area contributed by atoms with Crippen molar-refractivity contribution in [1.82, 2.24) is 0 Å². The van der Waals surface area contributed by atoms with E-state index in [4.69, 9.17) is 40.7 Å². The molecule has 1 heterocycles. The summed E-state index contributed by atoms with van der Waals surface area (Å²) in [5.74, 6) is 2.08. The maximum atomic E-state index is 6.80. The molecule has 1 aliphatic heterocycles. The highest BCUT2D eigenvalue weighted by molar-refractivity contribution is 7.78. The van der Waals surface area contributed by atoms with Gasteiger partial charge in [0.05, 0.1) is 12.2 Å². The van der Waals surface area contributed by atoms with Crippen molar-refractivity contribution in [2.75, 3.05) is 0 Å². The molecule has 1 aliphatic rings. The van der Waals surface area contributed by atoms with Crippen LogP contribution in [0.15, 0.2) is 111 Å². The highest BCUT2D eigenvalue weighted by atomic mass is 31.3. The van der Waals surface area contributed by atoms with Crippen LogP contribution in [0, 0.1) is 27.7 Å². The molecular formula is C34H42N3O6P3. The highest BCUT2D eigenvalue weighted by Crippen LogP contribution is 2.79. The second-order valence-electron chi connectivity index (χ2n) is 11.7. The summed E-state index contributed by atoms with van der Waals surface area (Å²) in [7, 11) is -11.1. The second kappa shape index (κ2) is 14.2. The van der Waals surface area contributed by atoms with Gasteiger partial charge in [0.2, 0.25) is 0 Å². The van der Waals surface area contributed by atoms with Gasteiger partial charge in [-0.25, -0.2) is 0 Å². The lowest BCUT2D eigenvalue weighted by Crippen LogP contribution is -2.13. The van der Waals surface area contributed by atoms with E-state index < -0.39 is 23.0 Å². The minimum atomic E-state index is -3.77. The van der Waals surface area contributed by atoms with Gasteiger partial charge in [-0.15, -0.1) is 9.03 Å². The SMILES string of the molecule is Cc1cccc(OP2(Oc3cccc(C)c3)=NP(Oc3cccc(C)c3)(Oc3cccc(C)c3)=NP(OC(C)C)(OC(C)C)=N2)c1. The Hall–Kier alpha value is -3.31. The van der Waals surface area contributed by atoms with Crippen molar-refractivity contribution in [3.8, 4) is 23.0 Å². The van der Waals surface area contributed by atoms with Gasteiger partial charge < -0.3 is 27.1 Å². The minimum Gasteiger partial charge on any atom is -0.413 e. The lowest BCUT2D eigenvalue weighted by Gasteiger charge is -2.34. The molecule has 0 radical (unpaired) electrons. The molecule has 0 saturated carbocycles. The average Bonchev–Trinajstić information content (AvgIpc) is 2.91. The predicted octanol–water partition coefficient (Wildman–Crippen LogP) is 12.2. The lowest BCUT2D eigenvalue weighted by atomic mass is 10.2. The predicted molar refractivity (Wildman–Crippen MR) is 188 cm³/mol. The fourth-order valence-corrected chi connectivity index (χ4v) is 14.0. The van der Waals surface area contributed by atoms with Crippen molar-refractivity contribution < 1.29 is 27.1 Å². The molecule has 0 atom stereocenters. The van der Waals surface area contributed by atoms with E-state index in [1.165, 1.54) is 0 Å². The molecule has 244 valence electrons. The summed E-state index contributed by atoms with van der Waals surface area (Å²) in [6.45, 7) is 15.6. The molecular weight excluding hydrogens is 639 g/mol. The van der Waals surface area contributed by atoms with Gasteiger partial charge in [-0.1, -0.05) is 53.0 Å². The zero-order chi connectivity index (χ0) is 33.0. The first-order valence-corrected chi connectivity index (χ1v) is 19.8. The molecule has 0 aliphatic carbocycles. The fraction of sp³-hybridized carbons (Fsp3) is 0.294. The van der Waals surface area contributed by atoms with E-state index in [0.717, 1.165) is 22.3 Å². The van der Waals surface area contributed by atoms with Gasteiger partial charge in [0, 0.05) is 0 Å². The van der Waals surface area contributed by atoms with E-state index in [-0.39, 0.29) is 12.2 Å². The van der Waals surface area contributed by atoms with Crippen molar-refractivity contribution in [2.24, 2.45) is 13.5 Å². The maximum absolute atomic E-state index is 6.80. The fourth-order valence-electron chi connectivity index (χ4n) is 4.56. The molecule has 0 bridgehead atoms. The minimum absolute atomic E-state index is 0.322. The van der Waals surface area contributed by atoms with Crippen LogP contribution in [0.3, 0.4) is 0 Å². The standard InChI is InChI=1S/C34H42N3O6P3/c1-25(2)38-44(39-26(3)4)35-45(40-31-17-9-13-27(5)21-31,41-32-18-10-14-28(6)22-32)37-46(36-44,42-33-19-11-15-29(7)23-33)43-34-20-12-16-30(8)24-34/h9-26H,1-8H3. The van der Waals surface area contributed by atoms with E-state index in [1.54, 1.807) is 0 Å². The molecule has 0 saturated heterocycles. The molecule has 4 aromatic rings. The van der Waals surface area contributed by atoms with Gasteiger partial charge in [0.15, 0.2) is 0 Å². The first-order chi connectivity index (χ1) is 21.8. The zero-order valence-electron chi connectivity index (χ0n) is 27.5. The van der Waals surface area contributed by atoms with E-state index in [0.29, 0.717) is 23.0 Å². The van der Waals surface area contributed by atoms with Gasteiger partial charge in [-0.3, -0.25) is 0 Å². The first-order valence-electron chi connectivity index (χ1n) is 15.2.